The van der Waals surface area contributed by atoms with Gasteiger partial charge in [0.25, 0.3) is 0 Å². The zero-order valence-corrected chi connectivity index (χ0v) is 10.7. The van der Waals surface area contributed by atoms with Crippen LogP contribution in [0.15, 0.2) is 0 Å². The minimum absolute atomic E-state index is 0.744. The zero-order chi connectivity index (χ0) is 11.4. The fourth-order valence-corrected chi connectivity index (χ4v) is 2.62. The van der Waals surface area contributed by atoms with Crippen molar-refractivity contribution in [2.75, 3.05) is 39.9 Å². The molecule has 1 aliphatic carbocycles. The molecule has 0 aromatic rings. The maximum Gasteiger partial charge on any atom is 0.0589 e. The lowest BCUT2D eigenvalue weighted by Gasteiger charge is -2.18. The molecule has 2 unspecified atom stereocenters. The predicted molar refractivity (Wildman–Crippen MR) is 66.6 cm³/mol. The summed E-state index contributed by atoms with van der Waals surface area (Å²) >= 11 is 0. The number of nitrogens with one attached hydrogen (secondary N) is 1. The van der Waals surface area contributed by atoms with Crippen molar-refractivity contribution in [2.24, 2.45) is 11.8 Å². The highest BCUT2D eigenvalue weighted by molar-refractivity contribution is 4.85. The SMILES string of the molecule is COCCN1CCC(CNC(C)C2CC2)C1. The highest BCUT2D eigenvalue weighted by Crippen LogP contribution is 2.32. The fraction of sp³-hybridized carbons (Fsp3) is 1.00. The van der Waals surface area contributed by atoms with Crippen LogP contribution >= 0.6 is 0 Å². The Labute approximate surface area is 99.5 Å². The Morgan fingerprint density at radius 1 is 1.38 bits per heavy atom. The quantitative estimate of drug-likeness (QED) is 0.709. The summed E-state index contributed by atoms with van der Waals surface area (Å²) < 4.78 is 5.12. The molecule has 2 rings (SSSR count). The lowest BCUT2D eigenvalue weighted by Crippen LogP contribution is -2.34. The second kappa shape index (κ2) is 5.99. The van der Waals surface area contributed by atoms with Crippen LogP contribution in [0.4, 0.5) is 0 Å². The van der Waals surface area contributed by atoms with E-state index in [9.17, 15) is 0 Å². The van der Waals surface area contributed by atoms with E-state index < -0.39 is 0 Å². The van der Waals surface area contributed by atoms with Crippen LogP contribution in [0.3, 0.4) is 0 Å². The average Bonchev–Trinajstić information content (AvgIpc) is 3.04. The topological polar surface area (TPSA) is 24.5 Å². The molecule has 0 amide bonds. The van der Waals surface area contributed by atoms with Gasteiger partial charge in [0.15, 0.2) is 0 Å². The molecule has 1 N–H and O–H groups in total. The zero-order valence-electron chi connectivity index (χ0n) is 10.7. The van der Waals surface area contributed by atoms with E-state index >= 15 is 0 Å². The Kier molecular flexibility index (Phi) is 4.62. The molecule has 0 radical (unpaired) electrons. The van der Waals surface area contributed by atoms with Crippen LogP contribution in [-0.2, 0) is 4.74 Å². The number of methoxy groups -OCH3 is 1. The summed E-state index contributed by atoms with van der Waals surface area (Å²) in [4.78, 5) is 2.53. The summed E-state index contributed by atoms with van der Waals surface area (Å²) in [5.74, 6) is 1.84. The normalized spacial score (nSPS) is 28.5. The van der Waals surface area contributed by atoms with E-state index in [1.54, 1.807) is 7.11 Å². The first-order valence-electron chi connectivity index (χ1n) is 6.74. The van der Waals surface area contributed by atoms with Crippen molar-refractivity contribution >= 4 is 0 Å². The largest absolute Gasteiger partial charge is 0.383 e. The maximum absolute atomic E-state index is 5.12. The van der Waals surface area contributed by atoms with Gasteiger partial charge in [0.05, 0.1) is 6.61 Å². The van der Waals surface area contributed by atoms with Crippen LogP contribution in [0.25, 0.3) is 0 Å². The third-order valence-corrected chi connectivity index (χ3v) is 4.04. The van der Waals surface area contributed by atoms with Crippen LogP contribution in [0.1, 0.15) is 26.2 Å². The molecule has 2 fully saturated rings. The van der Waals surface area contributed by atoms with Crippen LogP contribution in [0.2, 0.25) is 0 Å². The van der Waals surface area contributed by atoms with Gasteiger partial charge in [0.1, 0.15) is 0 Å². The molecular weight excluding hydrogens is 200 g/mol. The third kappa shape index (κ3) is 3.72. The summed E-state index contributed by atoms with van der Waals surface area (Å²) in [7, 11) is 1.78. The van der Waals surface area contributed by atoms with Gasteiger partial charge in [0, 0.05) is 26.2 Å². The van der Waals surface area contributed by atoms with Crippen molar-refractivity contribution in [3.05, 3.63) is 0 Å². The number of hydrogen-bond donors (Lipinski definition) is 1. The molecule has 0 aromatic carbocycles. The number of nitrogens with zero attached hydrogens (tertiary/aromatic N) is 1. The molecule has 1 saturated heterocycles. The van der Waals surface area contributed by atoms with E-state index in [1.165, 1.54) is 38.9 Å². The van der Waals surface area contributed by atoms with Gasteiger partial charge in [0.2, 0.25) is 0 Å². The Balaban J connectivity index is 1.57. The van der Waals surface area contributed by atoms with Crippen molar-refractivity contribution < 1.29 is 4.74 Å². The first kappa shape index (κ1) is 12.3. The second-order valence-corrected chi connectivity index (χ2v) is 5.48. The molecule has 1 saturated carbocycles. The maximum atomic E-state index is 5.12. The van der Waals surface area contributed by atoms with E-state index in [2.05, 4.69) is 17.1 Å². The first-order chi connectivity index (χ1) is 7.79. The average molecular weight is 226 g/mol. The third-order valence-electron chi connectivity index (χ3n) is 4.04. The molecule has 16 heavy (non-hydrogen) atoms. The van der Waals surface area contributed by atoms with Crippen molar-refractivity contribution in [1.82, 2.24) is 10.2 Å². The first-order valence-corrected chi connectivity index (χ1v) is 6.74. The van der Waals surface area contributed by atoms with Gasteiger partial charge in [-0.15, -0.1) is 0 Å². The number of ether oxygens (including phenoxy) is 1. The monoisotopic (exact) mass is 226 g/mol. The molecule has 2 aliphatic rings. The Hall–Kier alpha value is -0.120. The van der Waals surface area contributed by atoms with E-state index in [0.29, 0.717) is 0 Å². The molecular formula is C13H26N2O. The minimum Gasteiger partial charge on any atom is -0.383 e. The van der Waals surface area contributed by atoms with E-state index in [-0.39, 0.29) is 0 Å². The summed E-state index contributed by atoms with van der Waals surface area (Å²) in [6, 6.07) is 0.744. The molecule has 0 bridgehead atoms. The van der Waals surface area contributed by atoms with Crippen LogP contribution < -0.4 is 5.32 Å². The molecule has 1 heterocycles. The van der Waals surface area contributed by atoms with Gasteiger partial charge in [-0.2, -0.15) is 0 Å². The lowest BCUT2D eigenvalue weighted by molar-refractivity contribution is 0.158. The molecule has 3 nitrogen and oxygen atoms in total. The molecule has 1 aliphatic heterocycles. The van der Waals surface area contributed by atoms with Crippen LogP contribution in [0.5, 0.6) is 0 Å². The summed E-state index contributed by atoms with van der Waals surface area (Å²) in [6.45, 7) is 8.04. The van der Waals surface area contributed by atoms with Gasteiger partial charge in [-0.05, 0) is 51.1 Å². The Morgan fingerprint density at radius 3 is 2.88 bits per heavy atom. The minimum atomic E-state index is 0.744. The van der Waals surface area contributed by atoms with E-state index in [0.717, 1.165) is 31.0 Å². The summed E-state index contributed by atoms with van der Waals surface area (Å²) in [6.07, 6.45) is 4.24. The standard InChI is InChI=1S/C13H26N2O/c1-11(13-3-4-13)14-9-12-5-6-15(10-12)7-8-16-2/h11-14H,3-10H2,1-2H3. The van der Waals surface area contributed by atoms with Crippen LogP contribution in [-0.4, -0.2) is 50.8 Å². The highest BCUT2D eigenvalue weighted by atomic mass is 16.5. The Morgan fingerprint density at radius 2 is 2.19 bits per heavy atom. The lowest BCUT2D eigenvalue weighted by atomic mass is 10.1. The number of rotatable bonds is 7. The summed E-state index contributed by atoms with van der Waals surface area (Å²) in [5.41, 5.74) is 0. The molecule has 0 aromatic heterocycles. The Bertz CT molecular complexity index is 206. The van der Waals surface area contributed by atoms with Crippen molar-refractivity contribution in [1.29, 1.82) is 0 Å². The second-order valence-electron chi connectivity index (χ2n) is 5.48. The van der Waals surface area contributed by atoms with Crippen molar-refractivity contribution in [2.45, 2.75) is 32.2 Å². The van der Waals surface area contributed by atoms with E-state index in [1.807, 2.05) is 0 Å². The number of likely N-dealkylation sites (tertiary alicyclic amines) is 1. The predicted octanol–water partition coefficient (Wildman–Crippen LogP) is 1.34. The highest BCUT2D eigenvalue weighted by Gasteiger charge is 2.29. The summed E-state index contributed by atoms with van der Waals surface area (Å²) in [5, 5.41) is 3.71. The molecule has 3 heteroatoms. The van der Waals surface area contributed by atoms with Gasteiger partial charge in [-0.1, -0.05) is 0 Å². The fourth-order valence-electron chi connectivity index (χ4n) is 2.62. The van der Waals surface area contributed by atoms with Gasteiger partial charge < -0.3 is 15.0 Å². The number of hydrogen-bond acceptors (Lipinski definition) is 3. The van der Waals surface area contributed by atoms with E-state index in [4.69, 9.17) is 4.74 Å². The van der Waals surface area contributed by atoms with Crippen molar-refractivity contribution in [3.8, 4) is 0 Å². The molecule has 94 valence electrons. The van der Waals surface area contributed by atoms with Crippen molar-refractivity contribution in [3.63, 3.8) is 0 Å². The van der Waals surface area contributed by atoms with Gasteiger partial charge in [-0.3, -0.25) is 0 Å². The molecule has 2 atom stereocenters. The smallest absolute Gasteiger partial charge is 0.0589 e. The van der Waals surface area contributed by atoms with Crippen LogP contribution in [0, 0.1) is 11.8 Å². The van der Waals surface area contributed by atoms with Gasteiger partial charge >= 0.3 is 0 Å². The van der Waals surface area contributed by atoms with Gasteiger partial charge in [-0.25, -0.2) is 0 Å². The molecule has 0 spiro atoms.